The molecule has 0 aromatic heterocycles. The van der Waals surface area contributed by atoms with E-state index in [0.717, 1.165) is 25.7 Å². The van der Waals surface area contributed by atoms with E-state index in [0.29, 0.717) is 0 Å². The van der Waals surface area contributed by atoms with E-state index in [1.54, 1.807) is 0 Å². The molecule has 0 spiro atoms. The Morgan fingerprint density at radius 3 is 2.50 bits per heavy atom. The molecule has 1 heteroatoms. The van der Waals surface area contributed by atoms with Gasteiger partial charge in [-0.15, -0.1) is 0 Å². The largest absolute Gasteiger partial charge is 0.295 e. The molecule has 0 unspecified atom stereocenters. The molecule has 0 amide bonds. The van der Waals surface area contributed by atoms with Crippen molar-refractivity contribution in [1.29, 1.82) is 0 Å². The van der Waals surface area contributed by atoms with E-state index in [1.807, 2.05) is 6.08 Å². The highest BCUT2D eigenvalue weighted by Crippen LogP contribution is 2.25. The number of rotatable bonds is 3. The summed E-state index contributed by atoms with van der Waals surface area (Å²) in [6.07, 6.45) is 6.90. The molecule has 0 heterocycles. The Morgan fingerprint density at radius 1 is 1.12 bits per heavy atom. The molecule has 2 rings (SSSR count). The number of hydrogen-bond donors (Lipinski definition) is 0. The van der Waals surface area contributed by atoms with Crippen LogP contribution in [0, 0.1) is 0 Å². The maximum atomic E-state index is 11.3. The zero-order chi connectivity index (χ0) is 11.4. The van der Waals surface area contributed by atoms with Gasteiger partial charge in [0.05, 0.1) is 0 Å². The minimum Gasteiger partial charge on any atom is -0.295 e. The number of aryl methyl sites for hydroxylation is 1. The van der Waals surface area contributed by atoms with Crippen LogP contribution in [0.25, 0.3) is 5.57 Å². The summed E-state index contributed by atoms with van der Waals surface area (Å²) in [5.74, 6) is 0.277. The van der Waals surface area contributed by atoms with Gasteiger partial charge in [0, 0.05) is 6.42 Å². The summed E-state index contributed by atoms with van der Waals surface area (Å²) in [7, 11) is 0. The van der Waals surface area contributed by atoms with Crippen LogP contribution in [0.5, 0.6) is 0 Å². The van der Waals surface area contributed by atoms with Crippen LogP contribution in [0.2, 0.25) is 0 Å². The Hall–Kier alpha value is -1.37. The number of benzene rings is 1. The van der Waals surface area contributed by atoms with Crippen LogP contribution in [0.3, 0.4) is 0 Å². The van der Waals surface area contributed by atoms with Gasteiger partial charge in [0.15, 0.2) is 5.78 Å². The number of ketones is 1. The molecule has 84 valence electrons. The van der Waals surface area contributed by atoms with Gasteiger partial charge < -0.3 is 0 Å². The fraction of sp³-hybridized carbons (Fsp3) is 0.400. The number of carbonyl (C=O) groups is 1. The van der Waals surface area contributed by atoms with Crippen molar-refractivity contribution in [2.24, 2.45) is 0 Å². The first-order chi connectivity index (χ1) is 7.79. The van der Waals surface area contributed by atoms with Crippen LogP contribution in [0.15, 0.2) is 30.3 Å². The van der Waals surface area contributed by atoms with Crippen molar-refractivity contribution in [3.05, 3.63) is 41.5 Å². The summed E-state index contributed by atoms with van der Waals surface area (Å²) in [5, 5.41) is 0. The molecule has 0 N–H and O–H groups in total. The monoisotopic (exact) mass is 214 g/mol. The highest BCUT2D eigenvalue weighted by molar-refractivity contribution is 5.98. The van der Waals surface area contributed by atoms with E-state index in [2.05, 4.69) is 31.2 Å². The van der Waals surface area contributed by atoms with Gasteiger partial charge in [-0.25, -0.2) is 0 Å². The molecular weight excluding hydrogens is 196 g/mol. The third kappa shape index (κ3) is 2.60. The van der Waals surface area contributed by atoms with Crippen LogP contribution >= 0.6 is 0 Å². The van der Waals surface area contributed by atoms with E-state index < -0.39 is 0 Å². The highest BCUT2D eigenvalue weighted by atomic mass is 16.1. The van der Waals surface area contributed by atoms with Crippen molar-refractivity contribution in [3.63, 3.8) is 0 Å². The first-order valence-electron chi connectivity index (χ1n) is 6.12. The lowest BCUT2D eigenvalue weighted by Crippen LogP contribution is -2.02. The lowest BCUT2D eigenvalue weighted by Gasteiger charge is -2.12. The molecule has 1 aliphatic carbocycles. The molecule has 0 radical (unpaired) electrons. The maximum absolute atomic E-state index is 11.3. The second kappa shape index (κ2) is 5.11. The van der Waals surface area contributed by atoms with Crippen LogP contribution in [0.1, 0.15) is 43.7 Å². The van der Waals surface area contributed by atoms with Crippen molar-refractivity contribution in [2.75, 3.05) is 0 Å². The summed E-state index contributed by atoms with van der Waals surface area (Å²) >= 11 is 0. The van der Waals surface area contributed by atoms with Gasteiger partial charge in [-0.3, -0.25) is 4.79 Å². The summed E-state index contributed by atoms with van der Waals surface area (Å²) in [6.45, 7) is 2.19. The summed E-state index contributed by atoms with van der Waals surface area (Å²) in [5.41, 5.74) is 3.81. The predicted octanol–water partition coefficient (Wildman–Crippen LogP) is 3.78. The van der Waals surface area contributed by atoms with Gasteiger partial charge in [0.2, 0.25) is 0 Å². The minimum atomic E-state index is 0.277. The van der Waals surface area contributed by atoms with Crippen molar-refractivity contribution in [1.82, 2.24) is 0 Å². The van der Waals surface area contributed by atoms with Crippen molar-refractivity contribution in [2.45, 2.75) is 39.0 Å². The molecule has 0 aliphatic heterocycles. The Kier molecular flexibility index (Phi) is 3.55. The lowest BCUT2D eigenvalue weighted by atomic mass is 9.92. The van der Waals surface area contributed by atoms with Gasteiger partial charge in [-0.2, -0.15) is 0 Å². The number of allylic oxidation sites excluding steroid dienone is 2. The molecule has 0 saturated carbocycles. The SMILES string of the molecule is CCCc1ccc(C2=CC(=O)CCC2)cc1. The molecule has 0 atom stereocenters. The van der Waals surface area contributed by atoms with Crippen molar-refractivity contribution in [3.8, 4) is 0 Å². The Morgan fingerprint density at radius 2 is 1.88 bits per heavy atom. The molecule has 1 nitrogen and oxygen atoms in total. The van der Waals surface area contributed by atoms with Gasteiger partial charge in [0.1, 0.15) is 0 Å². The summed E-state index contributed by atoms with van der Waals surface area (Å²) in [6, 6.07) is 8.66. The maximum Gasteiger partial charge on any atom is 0.155 e. The van der Waals surface area contributed by atoms with E-state index in [4.69, 9.17) is 0 Å². The topological polar surface area (TPSA) is 17.1 Å². The second-order valence-corrected chi connectivity index (χ2v) is 4.44. The Labute approximate surface area is 97.2 Å². The average Bonchev–Trinajstić information content (AvgIpc) is 2.30. The van der Waals surface area contributed by atoms with E-state index in [9.17, 15) is 4.79 Å². The summed E-state index contributed by atoms with van der Waals surface area (Å²) < 4.78 is 0. The lowest BCUT2D eigenvalue weighted by molar-refractivity contribution is -0.114. The van der Waals surface area contributed by atoms with Crippen LogP contribution < -0.4 is 0 Å². The first kappa shape index (κ1) is 11.1. The van der Waals surface area contributed by atoms with Crippen molar-refractivity contribution >= 4 is 11.4 Å². The zero-order valence-electron chi connectivity index (χ0n) is 9.83. The number of hydrogen-bond acceptors (Lipinski definition) is 1. The Bertz CT molecular complexity index is 398. The third-order valence-electron chi connectivity index (χ3n) is 3.07. The molecule has 0 bridgehead atoms. The van der Waals surface area contributed by atoms with Gasteiger partial charge in [-0.05, 0) is 42.0 Å². The third-order valence-corrected chi connectivity index (χ3v) is 3.07. The highest BCUT2D eigenvalue weighted by Gasteiger charge is 2.11. The first-order valence-corrected chi connectivity index (χ1v) is 6.12. The standard InChI is InChI=1S/C15H18O/c1-2-4-12-7-9-13(10-8-12)14-5-3-6-15(16)11-14/h7-11H,2-6H2,1H3. The second-order valence-electron chi connectivity index (χ2n) is 4.44. The quantitative estimate of drug-likeness (QED) is 0.748. The molecule has 0 saturated heterocycles. The van der Waals surface area contributed by atoms with Crippen LogP contribution in [-0.4, -0.2) is 5.78 Å². The smallest absolute Gasteiger partial charge is 0.155 e. The van der Waals surface area contributed by atoms with Crippen LogP contribution in [-0.2, 0) is 11.2 Å². The average molecular weight is 214 g/mol. The van der Waals surface area contributed by atoms with E-state index in [1.165, 1.54) is 23.1 Å². The van der Waals surface area contributed by atoms with E-state index in [-0.39, 0.29) is 5.78 Å². The normalized spacial score (nSPS) is 16.1. The predicted molar refractivity (Wildman–Crippen MR) is 67.3 cm³/mol. The molecule has 1 aliphatic rings. The number of carbonyl (C=O) groups excluding carboxylic acids is 1. The fourth-order valence-corrected chi connectivity index (χ4v) is 2.19. The van der Waals surface area contributed by atoms with Gasteiger partial charge in [0.25, 0.3) is 0 Å². The zero-order valence-corrected chi connectivity index (χ0v) is 9.83. The molecule has 1 aromatic rings. The summed E-state index contributed by atoms with van der Waals surface area (Å²) in [4.78, 5) is 11.3. The molecular formula is C15H18O. The fourth-order valence-electron chi connectivity index (χ4n) is 2.19. The van der Waals surface area contributed by atoms with Gasteiger partial charge >= 0.3 is 0 Å². The van der Waals surface area contributed by atoms with Crippen molar-refractivity contribution < 1.29 is 4.79 Å². The molecule has 0 fully saturated rings. The van der Waals surface area contributed by atoms with Gasteiger partial charge in [-0.1, -0.05) is 37.6 Å². The minimum absolute atomic E-state index is 0.277. The van der Waals surface area contributed by atoms with E-state index >= 15 is 0 Å². The Balaban J connectivity index is 2.18. The van der Waals surface area contributed by atoms with Crippen LogP contribution in [0.4, 0.5) is 0 Å². The molecule has 1 aromatic carbocycles. The molecule has 16 heavy (non-hydrogen) atoms.